The van der Waals surface area contributed by atoms with Crippen molar-refractivity contribution in [3.63, 3.8) is 0 Å². The third kappa shape index (κ3) is 5.38. The molecule has 0 bridgehead atoms. The van der Waals surface area contributed by atoms with Crippen molar-refractivity contribution in [1.82, 2.24) is 4.90 Å². The molecule has 4 N–H and O–H groups in total. The first-order valence-corrected chi connectivity index (χ1v) is 11.7. The third-order valence-corrected chi connectivity index (χ3v) is 6.87. The van der Waals surface area contributed by atoms with Crippen LogP contribution in [0.4, 0.5) is 0 Å². The SMILES string of the molecule is CC(=O)N1CCC(Oc2ccc(Cc3cc([C@@H]4OC(CO)[C@@H](O)[C@H](O)[C@H]4O)ccc3Cl)cc2)C1. The Morgan fingerprint density at radius 3 is 2.50 bits per heavy atom. The molecule has 184 valence electrons. The average Bonchev–Trinajstić information content (AvgIpc) is 3.29. The maximum Gasteiger partial charge on any atom is 0.219 e. The second-order valence-electron chi connectivity index (χ2n) is 8.91. The Morgan fingerprint density at radius 1 is 1.12 bits per heavy atom. The summed E-state index contributed by atoms with van der Waals surface area (Å²) in [7, 11) is 0. The predicted molar refractivity (Wildman–Crippen MR) is 125 cm³/mol. The van der Waals surface area contributed by atoms with Gasteiger partial charge in [-0.3, -0.25) is 4.79 Å². The van der Waals surface area contributed by atoms with Crippen molar-refractivity contribution in [3.05, 3.63) is 64.2 Å². The van der Waals surface area contributed by atoms with Gasteiger partial charge in [0, 0.05) is 24.9 Å². The van der Waals surface area contributed by atoms with Crippen molar-refractivity contribution in [2.45, 2.75) is 56.4 Å². The van der Waals surface area contributed by atoms with E-state index in [2.05, 4.69) is 0 Å². The molecule has 4 rings (SSSR count). The molecule has 0 saturated carbocycles. The largest absolute Gasteiger partial charge is 0.489 e. The minimum atomic E-state index is -1.44. The highest BCUT2D eigenvalue weighted by Crippen LogP contribution is 2.34. The van der Waals surface area contributed by atoms with Gasteiger partial charge in [-0.1, -0.05) is 35.9 Å². The van der Waals surface area contributed by atoms with E-state index in [0.717, 1.165) is 23.3 Å². The van der Waals surface area contributed by atoms with E-state index in [4.69, 9.17) is 21.1 Å². The minimum Gasteiger partial charge on any atom is -0.489 e. The summed E-state index contributed by atoms with van der Waals surface area (Å²) in [6.07, 6.45) is -4.77. The van der Waals surface area contributed by atoms with Crippen LogP contribution in [0.5, 0.6) is 5.75 Å². The van der Waals surface area contributed by atoms with Gasteiger partial charge in [0.15, 0.2) is 0 Å². The molecule has 0 spiro atoms. The molecule has 2 heterocycles. The fourth-order valence-corrected chi connectivity index (χ4v) is 4.68. The Bertz CT molecular complexity index is 999. The molecule has 0 radical (unpaired) electrons. The number of ether oxygens (including phenoxy) is 2. The first-order valence-electron chi connectivity index (χ1n) is 11.4. The summed E-state index contributed by atoms with van der Waals surface area (Å²) in [4.78, 5) is 13.3. The molecule has 2 aliphatic rings. The van der Waals surface area contributed by atoms with E-state index in [-0.39, 0.29) is 12.0 Å². The number of carbonyl (C=O) groups is 1. The molecule has 2 aromatic rings. The molecular formula is C25H30ClNO7. The number of likely N-dealkylation sites (tertiary alicyclic amines) is 1. The van der Waals surface area contributed by atoms with Crippen LogP contribution in [0, 0.1) is 0 Å². The summed E-state index contributed by atoms with van der Waals surface area (Å²) in [5.74, 6) is 0.796. The van der Waals surface area contributed by atoms with Crippen molar-refractivity contribution in [2.75, 3.05) is 19.7 Å². The summed E-state index contributed by atoms with van der Waals surface area (Å²) in [6.45, 7) is 2.39. The maximum absolute atomic E-state index is 11.5. The molecule has 2 saturated heterocycles. The molecule has 9 heteroatoms. The molecule has 0 aromatic heterocycles. The van der Waals surface area contributed by atoms with Crippen LogP contribution in [0.1, 0.15) is 36.1 Å². The number of benzene rings is 2. The second kappa shape index (κ2) is 10.6. The molecule has 2 unspecified atom stereocenters. The van der Waals surface area contributed by atoms with E-state index in [1.54, 1.807) is 30.0 Å². The van der Waals surface area contributed by atoms with Crippen LogP contribution in [0.2, 0.25) is 5.02 Å². The Labute approximate surface area is 203 Å². The van der Waals surface area contributed by atoms with Gasteiger partial charge in [0.05, 0.1) is 13.2 Å². The lowest BCUT2D eigenvalue weighted by Crippen LogP contribution is -2.55. The minimum absolute atomic E-state index is 0.0144. The molecule has 2 aliphatic heterocycles. The number of aliphatic hydroxyl groups excluding tert-OH is 4. The monoisotopic (exact) mass is 491 g/mol. The Balaban J connectivity index is 1.44. The smallest absolute Gasteiger partial charge is 0.219 e. The molecule has 2 fully saturated rings. The molecule has 0 aliphatic carbocycles. The topological polar surface area (TPSA) is 120 Å². The van der Waals surface area contributed by atoms with Gasteiger partial charge in [0.2, 0.25) is 5.91 Å². The number of hydrogen-bond acceptors (Lipinski definition) is 7. The normalized spacial score (nSPS) is 29.3. The number of amides is 1. The fraction of sp³-hybridized carbons (Fsp3) is 0.480. The lowest BCUT2D eigenvalue weighted by atomic mass is 9.90. The second-order valence-corrected chi connectivity index (χ2v) is 9.32. The van der Waals surface area contributed by atoms with Gasteiger partial charge in [-0.15, -0.1) is 0 Å². The summed E-state index contributed by atoms with van der Waals surface area (Å²) < 4.78 is 11.7. The zero-order valence-electron chi connectivity index (χ0n) is 18.9. The van der Waals surface area contributed by atoms with Crippen LogP contribution in [0.15, 0.2) is 42.5 Å². The lowest BCUT2D eigenvalue weighted by Gasteiger charge is -2.40. The molecule has 2 aromatic carbocycles. The number of nitrogens with zero attached hydrogens (tertiary/aromatic N) is 1. The van der Waals surface area contributed by atoms with Crippen molar-refractivity contribution in [2.24, 2.45) is 0 Å². The predicted octanol–water partition coefficient (Wildman–Crippen LogP) is 1.45. The van der Waals surface area contributed by atoms with Crippen LogP contribution < -0.4 is 4.74 Å². The average molecular weight is 492 g/mol. The first-order chi connectivity index (χ1) is 16.3. The van der Waals surface area contributed by atoms with E-state index in [9.17, 15) is 25.2 Å². The van der Waals surface area contributed by atoms with Crippen LogP contribution >= 0.6 is 11.6 Å². The van der Waals surface area contributed by atoms with E-state index in [0.29, 0.717) is 30.1 Å². The fourth-order valence-electron chi connectivity index (χ4n) is 4.49. The van der Waals surface area contributed by atoms with Crippen molar-refractivity contribution < 1.29 is 34.7 Å². The van der Waals surface area contributed by atoms with Crippen molar-refractivity contribution >= 4 is 17.5 Å². The van der Waals surface area contributed by atoms with Crippen molar-refractivity contribution in [1.29, 1.82) is 0 Å². The molecule has 1 amide bonds. The third-order valence-electron chi connectivity index (χ3n) is 6.50. The Hall–Kier alpha value is -2.20. The van der Waals surface area contributed by atoms with Gasteiger partial charge in [-0.05, 0) is 41.3 Å². The maximum atomic E-state index is 11.5. The zero-order chi connectivity index (χ0) is 24.4. The van der Waals surface area contributed by atoms with E-state index in [1.807, 2.05) is 24.3 Å². The molecular weight excluding hydrogens is 462 g/mol. The van der Waals surface area contributed by atoms with Crippen molar-refractivity contribution in [3.8, 4) is 5.75 Å². The number of carbonyl (C=O) groups excluding carboxylic acids is 1. The Kier molecular flexibility index (Phi) is 7.77. The Morgan fingerprint density at radius 2 is 1.85 bits per heavy atom. The van der Waals surface area contributed by atoms with Gasteiger partial charge in [-0.2, -0.15) is 0 Å². The highest BCUT2D eigenvalue weighted by Gasteiger charge is 2.44. The lowest BCUT2D eigenvalue weighted by molar-refractivity contribution is -0.231. The highest BCUT2D eigenvalue weighted by molar-refractivity contribution is 6.31. The summed E-state index contributed by atoms with van der Waals surface area (Å²) in [5.41, 5.74) is 2.39. The number of rotatable bonds is 6. The van der Waals surface area contributed by atoms with Gasteiger partial charge in [-0.25, -0.2) is 0 Å². The molecule has 6 atom stereocenters. The summed E-state index contributed by atoms with van der Waals surface area (Å²) in [6, 6.07) is 12.9. The number of aliphatic hydroxyl groups is 4. The van der Waals surface area contributed by atoms with E-state index in [1.165, 1.54) is 0 Å². The zero-order valence-corrected chi connectivity index (χ0v) is 19.6. The highest BCUT2D eigenvalue weighted by atomic mass is 35.5. The quantitative estimate of drug-likeness (QED) is 0.482. The van der Waals surface area contributed by atoms with E-state index < -0.39 is 37.1 Å². The van der Waals surface area contributed by atoms with Crippen LogP contribution in [0.3, 0.4) is 0 Å². The number of hydrogen-bond donors (Lipinski definition) is 4. The molecule has 34 heavy (non-hydrogen) atoms. The van der Waals surface area contributed by atoms with E-state index >= 15 is 0 Å². The number of halogens is 1. The van der Waals surface area contributed by atoms with Gasteiger partial charge in [0.25, 0.3) is 0 Å². The van der Waals surface area contributed by atoms with Gasteiger partial charge in [0.1, 0.15) is 42.4 Å². The summed E-state index contributed by atoms with van der Waals surface area (Å²) >= 11 is 6.42. The van der Waals surface area contributed by atoms with Gasteiger partial charge < -0.3 is 34.8 Å². The van der Waals surface area contributed by atoms with Gasteiger partial charge >= 0.3 is 0 Å². The van der Waals surface area contributed by atoms with Crippen LogP contribution in [-0.4, -0.2) is 81.4 Å². The van der Waals surface area contributed by atoms with Crippen LogP contribution in [0.25, 0.3) is 0 Å². The summed E-state index contributed by atoms with van der Waals surface area (Å²) in [5, 5.41) is 40.6. The molecule has 8 nitrogen and oxygen atoms in total. The van der Waals surface area contributed by atoms with Crippen LogP contribution in [-0.2, 0) is 16.0 Å². The first kappa shape index (κ1) is 24.9. The standard InChI is InChI=1S/C25H30ClNO7/c1-14(29)27-9-8-19(12-27)33-18-5-2-15(3-6-18)10-17-11-16(4-7-20(17)26)25-24(32)23(31)22(30)21(13-28)34-25/h2-7,11,19,21-25,28,30-32H,8-10,12-13H2,1H3/t19?,21?,22-,23+,24-,25+/m1/s1.